The number of nitrogens with one attached hydrogen (secondary N) is 3. The van der Waals surface area contributed by atoms with Crippen LogP contribution in [0.4, 0.5) is 19.0 Å². The van der Waals surface area contributed by atoms with Gasteiger partial charge in [0.05, 0.1) is 6.04 Å². The van der Waals surface area contributed by atoms with Gasteiger partial charge in [-0.25, -0.2) is 4.99 Å². The number of rotatable bonds is 5. The van der Waals surface area contributed by atoms with Gasteiger partial charge in [0.2, 0.25) is 11.9 Å². The highest BCUT2D eigenvalue weighted by Crippen LogP contribution is 2.33. The zero-order chi connectivity index (χ0) is 19.4. The zero-order valence-electron chi connectivity index (χ0n) is 15.4. The molecule has 2 aliphatic carbocycles. The largest absolute Gasteiger partial charge is 0.432 e. The summed E-state index contributed by atoms with van der Waals surface area (Å²) in [6.07, 6.45) is 2.96. The van der Waals surface area contributed by atoms with Gasteiger partial charge < -0.3 is 5.32 Å². The summed E-state index contributed by atoms with van der Waals surface area (Å²) in [5.74, 6) is 1.26. The van der Waals surface area contributed by atoms with Crippen molar-refractivity contribution in [3.05, 3.63) is 11.8 Å². The van der Waals surface area contributed by atoms with Crippen molar-refractivity contribution in [1.82, 2.24) is 15.5 Å². The fourth-order valence-electron chi connectivity index (χ4n) is 3.24. The first-order chi connectivity index (χ1) is 12.8. The van der Waals surface area contributed by atoms with Crippen molar-refractivity contribution in [2.75, 3.05) is 5.32 Å². The molecule has 6 nitrogen and oxygen atoms in total. The molecule has 0 bridgehead atoms. The first kappa shape index (κ1) is 19.7. The Morgan fingerprint density at radius 1 is 1.26 bits per heavy atom. The van der Waals surface area contributed by atoms with E-state index in [1.807, 2.05) is 5.10 Å². The van der Waals surface area contributed by atoms with Crippen molar-refractivity contribution in [3.8, 4) is 0 Å². The maximum atomic E-state index is 12.7. The normalized spacial score (nSPS) is 23.9. The first-order valence-electron chi connectivity index (χ1n) is 9.57. The molecule has 2 fully saturated rings. The minimum Gasteiger partial charge on any atom is -0.309 e. The van der Waals surface area contributed by atoms with E-state index in [1.54, 1.807) is 0 Å². The topological polar surface area (TPSA) is 82.2 Å². The fraction of sp³-hybridized carbons (Fsp3) is 0.722. The molecule has 2 aliphatic rings. The van der Waals surface area contributed by atoms with Crippen LogP contribution in [0.5, 0.6) is 0 Å². The molecule has 27 heavy (non-hydrogen) atoms. The van der Waals surface area contributed by atoms with Gasteiger partial charge in [0.25, 0.3) is 0 Å². The number of carbonyl (C=O) groups excluding carboxylic acids is 1. The lowest BCUT2D eigenvalue weighted by Gasteiger charge is -2.24. The summed E-state index contributed by atoms with van der Waals surface area (Å²) in [6, 6.07) is 0.919. The summed E-state index contributed by atoms with van der Waals surface area (Å²) in [6.45, 7) is 2.20. The third-order valence-corrected chi connectivity index (χ3v) is 5.16. The van der Waals surface area contributed by atoms with Crippen LogP contribution in [-0.4, -0.2) is 28.1 Å². The van der Waals surface area contributed by atoms with Gasteiger partial charge in [-0.05, 0) is 43.9 Å². The molecular formula is C18H26F3N5O. The minimum atomic E-state index is -4.50. The van der Waals surface area contributed by atoms with Crippen LogP contribution in [0.25, 0.3) is 0 Å². The van der Waals surface area contributed by atoms with Gasteiger partial charge >= 0.3 is 6.18 Å². The van der Waals surface area contributed by atoms with Crippen molar-refractivity contribution in [3.63, 3.8) is 0 Å². The fourth-order valence-corrected chi connectivity index (χ4v) is 3.24. The third kappa shape index (κ3) is 6.25. The number of hydrogen-bond acceptors (Lipinski definition) is 3. The van der Waals surface area contributed by atoms with Gasteiger partial charge in [0, 0.05) is 12.5 Å². The number of nitrogens with zero attached hydrogens (tertiary/aromatic N) is 2. The summed E-state index contributed by atoms with van der Waals surface area (Å²) in [7, 11) is 0. The summed E-state index contributed by atoms with van der Waals surface area (Å²) in [4.78, 5) is 16.8. The monoisotopic (exact) mass is 385 g/mol. The van der Waals surface area contributed by atoms with E-state index in [0.717, 1.165) is 38.2 Å². The molecule has 9 heteroatoms. The van der Waals surface area contributed by atoms with Gasteiger partial charge in [-0.3, -0.25) is 15.2 Å². The van der Waals surface area contributed by atoms with Crippen molar-refractivity contribution in [2.24, 2.45) is 16.8 Å². The molecular weight excluding hydrogens is 359 g/mol. The van der Waals surface area contributed by atoms with E-state index < -0.39 is 11.9 Å². The molecule has 1 heterocycles. The molecule has 3 N–H and O–H groups in total. The van der Waals surface area contributed by atoms with Crippen LogP contribution >= 0.6 is 0 Å². The van der Waals surface area contributed by atoms with Crippen molar-refractivity contribution in [1.29, 1.82) is 0 Å². The number of amides is 1. The highest BCUT2D eigenvalue weighted by molar-refractivity contribution is 6.03. The second-order valence-electron chi connectivity index (χ2n) is 7.71. The summed E-state index contributed by atoms with van der Waals surface area (Å²) < 4.78 is 38.2. The summed E-state index contributed by atoms with van der Waals surface area (Å²) in [5.41, 5.74) is -0.948. The Kier molecular flexibility index (Phi) is 6.06. The number of H-pyrrole nitrogens is 1. The highest BCUT2D eigenvalue weighted by atomic mass is 19.4. The number of anilines is 1. The Morgan fingerprint density at radius 2 is 1.96 bits per heavy atom. The Morgan fingerprint density at radius 3 is 2.56 bits per heavy atom. The molecule has 2 saturated carbocycles. The predicted molar refractivity (Wildman–Crippen MR) is 96.2 cm³/mol. The number of carbonyl (C=O) groups is 1. The van der Waals surface area contributed by atoms with Gasteiger partial charge in [0.1, 0.15) is 5.69 Å². The molecule has 0 aliphatic heterocycles. The van der Waals surface area contributed by atoms with Crippen LogP contribution in [0.2, 0.25) is 0 Å². The maximum Gasteiger partial charge on any atom is 0.432 e. The number of guanidine groups is 1. The molecule has 0 spiro atoms. The van der Waals surface area contributed by atoms with Gasteiger partial charge in [0.15, 0.2) is 5.82 Å². The second-order valence-corrected chi connectivity index (χ2v) is 7.71. The van der Waals surface area contributed by atoms with Crippen LogP contribution in [0, 0.1) is 11.8 Å². The van der Waals surface area contributed by atoms with E-state index in [1.165, 1.54) is 12.8 Å². The third-order valence-electron chi connectivity index (χ3n) is 5.16. The lowest BCUT2D eigenvalue weighted by Crippen LogP contribution is -2.37. The summed E-state index contributed by atoms with van der Waals surface area (Å²) >= 11 is 0. The van der Waals surface area contributed by atoms with E-state index in [-0.39, 0.29) is 23.7 Å². The highest BCUT2D eigenvalue weighted by Gasteiger charge is 2.33. The van der Waals surface area contributed by atoms with Gasteiger partial charge in [-0.1, -0.05) is 19.8 Å². The second kappa shape index (κ2) is 8.31. The smallest absolute Gasteiger partial charge is 0.309 e. The molecule has 0 radical (unpaired) electrons. The number of aliphatic imine (C=N–C) groups is 1. The van der Waals surface area contributed by atoms with E-state index in [0.29, 0.717) is 18.3 Å². The molecule has 0 atom stereocenters. The molecule has 150 valence electrons. The van der Waals surface area contributed by atoms with Crippen LogP contribution in [0.1, 0.15) is 64.0 Å². The van der Waals surface area contributed by atoms with E-state index >= 15 is 0 Å². The number of halogens is 3. The first-order valence-corrected chi connectivity index (χ1v) is 9.57. The number of alkyl halides is 3. The molecule has 1 amide bonds. The van der Waals surface area contributed by atoms with E-state index in [4.69, 9.17) is 0 Å². The van der Waals surface area contributed by atoms with Gasteiger partial charge in [-0.15, -0.1) is 0 Å². The van der Waals surface area contributed by atoms with Gasteiger partial charge in [-0.2, -0.15) is 18.3 Å². The van der Waals surface area contributed by atoms with E-state index in [9.17, 15) is 18.0 Å². The number of aromatic nitrogens is 2. The molecule has 1 aromatic heterocycles. The minimum absolute atomic E-state index is 0.0206. The Labute approximate surface area is 156 Å². The quantitative estimate of drug-likeness (QED) is 0.528. The summed E-state index contributed by atoms with van der Waals surface area (Å²) in [5, 5.41) is 11.0. The van der Waals surface area contributed by atoms with Crippen LogP contribution in [0.15, 0.2) is 11.1 Å². The van der Waals surface area contributed by atoms with Crippen LogP contribution in [0.3, 0.4) is 0 Å². The average molecular weight is 385 g/mol. The van der Waals surface area contributed by atoms with Crippen LogP contribution < -0.4 is 10.6 Å². The average Bonchev–Trinajstić information content (AvgIpc) is 3.31. The van der Waals surface area contributed by atoms with E-state index in [2.05, 4.69) is 27.6 Å². The molecule has 0 aromatic carbocycles. The lowest BCUT2D eigenvalue weighted by molar-refractivity contribution is -0.141. The van der Waals surface area contributed by atoms with Crippen molar-refractivity contribution in [2.45, 2.75) is 70.5 Å². The van der Waals surface area contributed by atoms with Crippen molar-refractivity contribution >= 4 is 17.7 Å². The number of hydrogen-bond donors (Lipinski definition) is 3. The SMILES string of the molecule is CC1CCC(N=C(NC(=O)CCC2CC2)Nc2cc(C(F)(F)F)[nH]n2)CC1. The number of aromatic amines is 1. The maximum absolute atomic E-state index is 12.7. The predicted octanol–water partition coefficient (Wildman–Crippen LogP) is 4.08. The molecule has 1 aromatic rings. The zero-order valence-corrected chi connectivity index (χ0v) is 15.4. The Hall–Kier alpha value is -2.06. The molecule has 3 rings (SSSR count). The lowest BCUT2D eigenvalue weighted by atomic mass is 9.88. The Bertz CT molecular complexity index is 673. The molecule has 0 saturated heterocycles. The molecule has 0 unspecified atom stereocenters. The standard InChI is InChI=1S/C18H26F3N5O/c1-11-2-7-13(8-3-11)22-17(24-16(27)9-6-12-4-5-12)23-15-10-14(25-26-15)18(19,20)21/h10-13H,2-9H2,1H3,(H3,22,23,24,25,26,27). The van der Waals surface area contributed by atoms with Crippen LogP contribution in [-0.2, 0) is 11.0 Å². The van der Waals surface area contributed by atoms with Crippen molar-refractivity contribution < 1.29 is 18.0 Å². The Balaban J connectivity index is 1.66.